The molecule has 0 bridgehead atoms. The number of hydrogen-bond acceptors (Lipinski definition) is 4. The number of hydrogen-bond donors (Lipinski definition) is 1. The Morgan fingerprint density at radius 1 is 1.14 bits per heavy atom. The summed E-state index contributed by atoms with van der Waals surface area (Å²) in [6.45, 7) is 6.28. The average molecular weight is 419 g/mol. The molecule has 0 aliphatic heterocycles. The topological polar surface area (TPSA) is 75.7 Å². The van der Waals surface area contributed by atoms with Gasteiger partial charge in [-0.2, -0.15) is 0 Å². The van der Waals surface area contributed by atoms with Crippen LogP contribution in [0.1, 0.15) is 41.8 Å². The van der Waals surface area contributed by atoms with Crippen molar-refractivity contribution in [2.24, 2.45) is 0 Å². The van der Waals surface area contributed by atoms with E-state index in [1.165, 1.54) is 16.9 Å². The summed E-state index contributed by atoms with van der Waals surface area (Å²) < 4.78 is 30.4. The molecule has 7 heteroatoms. The molecule has 2 rings (SSSR count). The normalized spacial score (nSPS) is 11.4. The Labute approximate surface area is 173 Å². The van der Waals surface area contributed by atoms with Crippen LogP contribution in [0.15, 0.2) is 42.5 Å². The van der Waals surface area contributed by atoms with E-state index in [1.54, 1.807) is 25.1 Å². The molecule has 0 saturated carbocycles. The summed E-state index contributed by atoms with van der Waals surface area (Å²) >= 11 is 0. The highest BCUT2D eigenvalue weighted by Gasteiger charge is 2.18. The van der Waals surface area contributed by atoms with Gasteiger partial charge in [-0.15, -0.1) is 0 Å². The molecule has 6 nitrogen and oxygen atoms in total. The lowest BCUT2D eigenvalue weighted by Crippen LogP contribution is -2.28. The van der Waals surface area contributed by atoms with Crippen molar-refractivity contribution >= 4 is 21.6 Å². The number of amides is 1. The number of benzene rings is 2. The number of nitrogens with zero attached hydrogens (tertiary/aromatic N) is 1. The highest BCUT2D eigenvalue weighted by molar-refractivity contribution is 7.92. The lowest BCUT2D eigenvalue weighted by molar-refractivity contribution is 0.0952. The Morgan fingerprint density at radius 3 is 2.38 bits per heavy atom. The van der Waals surface area contributed by atoms with E-state index >= 15 is 0 Å². The van der Waals surface area contributed by atoms with E-state index in [0.717, 1.165) is 24.8 Å². The predicted molar refractivity (Wildman–Crippen MR) is 117 cm³/mol. The molecular weight excluding hydrogens is 388 g/mol. The van der Waals surface area contributed by atoms with Gasteiger partial charge >= 0.3 is 0 Å². The van der Waals surface area contributed by atoms with Crippen molar-refractivity contribution in [2.75, 3.05) is 24.2 Å². The first-order valence-corrected chi connectivity index (χ1v) is 11.5. The Morgan fingerprint density at radius 2 is 1.79 bits per heavy atom. The van der Waals surface area contributed by atoms with Crippen LogP contribution >= 0.6 is 0 Å². The SMILES string of the molecule is Cc1c(C(=O)NCCCc2ccc(OC(C)C)cc2)cccc1N(C)S(C)(=O)=O. The third-order valence-corrected chi connectivity index (χ3v) is 5.80. The van der Waals surface area contributed by atoms with Gasteiger partial charge in [-0.25, -0.2) is 8.42 Å². The van der Waals surface area contributed by atoms with Crippen molar-refractivity contribution in [2.45, 2.75) is 39.7 Å². The quantitative estimate of drug-likeness (QED) is 0.632. The molecule has 29 heavy (non-hydrogen) atoms. The molecule has 158 valence electrons. The fraction of sp³-hybridized carbons (Fsp3) is 0.409. The van der Waals surface area contributed by atoms with Crippen LogP contribution in [0.5, 0.6) is 5.75 Å². The van der Waals surface area contributed by atoms with Crippen molar-refractivity contribution < 1.29 is 17.9 Å². The molecular formula is C22H30N2O4S. The molecule has 0 unspecified atom stereocenters. The maximum atomic E-state index is 12.6. The zero-order chi connectivity index (χ0) is 21.6. The van der Waals surface area contributed by atoms with Crippen LogP contribution in [-0.4, -0.2) is 40.3 Å². The summed E-state index contributed by atoms with van der Waals surface area (Å²) in [5, 5.41) is 2.92. The molecule has 2 aromatic rings. The molecule has 0 spiro atoms. The van der Waals surface area contributed by atoms with Crippen LogP contribution in [0.3, 0.4) is 0 Å². The Kier molecular flexibility index (Phi) is 7.67. The Bertz CT molecular complexity index is 938. The first-order chi connectivity index (χ1) is 13.6. The number of sulfonamides is 1. The maximum Gasteiger partial charge on any atom is 0.251 e. The lowest BCUT2D eigenvalue weighted by atomic mass is 10.1. The highest BCUT2D eigenvalue weighted by Crippen LogP contribution is 2.24. The van der Waals surface area contributed by atoms with Crippen LogP contribution in [0.2, 0.25) is 0 Å². The summed E-state index contributed by atoms with van der Waals surface area (Å²) in [5.74, 6) is 0.651. The third kappa shape index (κ3) is 6.49. The second-order valence-electron chi connectivity index (χ2n) is 7.35. The number of rotatable bonds is 9. The van der Waals surface area contributed by atoms with E-state index in [2.05, 4.69) is 5.32 Å². The van der Waals surface area contributed by atoms with Gasteiger partial charge in [0.1, 0.15) is 5.75 Å². The zero-order valence-electron chi connectivity index (χ0n) is 17.7. The number of nitrogens with one attached hydrogen (secondary N) is 1. The second-order valence-corrected chi connectivity index (χ2v) is 9.36. The average Bonchev–Trinajstić information content (AvgIpc) is 2.65. The largest absolute Gasteiger partial charge is 0.491 e. The van der Waals surface area contributed by atoms with E-state index in [9.17, 15) is 13.2 Å². The fourth-order valence-corrected chi connectivity index (χ4v) is 3.54. The highest BCUT2D eigenvalue weighted by atomic mass is 32.2. The van der Waals surface area contributed by atoms with Gasteiger partial charge in [0.25, 0.3) is 5.91 Å². The van der Waals surface area contributed by atoms with Gasteiger partial charge in [0, 0.05) is 19.2 Å². The maximum absolute atomic E-state index is 12.6. The number of carbonyl (C=O) groups excluding carboxylic acids is 1. The van der Waals surface area contributed by atoms with Gasteiger partial charge in [0.2, 0.25) is 10.0 Å². The monoisotopic (exact) mass is 418 g/mol. The summed E-state index contributed by atoms with van der Waals surface area (Å²) in [7, 11) is -1.91. The summed E-state index contributed by atoms with van der Waals surface area (Å²) in [6, 6.07) is 13.1. The van der Waals surface area contributed by atoms with Gasteiger partial charge in [-0.1, -0.05) is 18.2 Å². The van der Waals surface area contributed by atoms with Crippen LogP contribution in [0.25, 0.3) is 0 Å². The third-order valence-electron chi connectivity index (χ3n) is 4.61. The number of aryl methyl sites for hydroxylation is 1. The van der Waals surface area contributed by atoms with Gasteiger partial charge in [0.15, 0.2) is 0 Å². The van der Waals surface area contributed by atoms with Crippen molar-refractivity contribution in [1.82, 2.24) is 5.32 Å². The lowest BCUT2D eigenvalue weighted by Gasteiger charge is -2.20. The molecule has 0 aromatic heterocycles. The van der Waals surface area contributed by atoms with Crippen LogP contribution in [0.4, 0.5) is 5.69 Å². The van der Waals surface area contributed by atoms with Crippen LogP contribution in [-0.2, 0) is 16.4 Å². The van der Waals surface area contributed by atoms with Crippen molar-refractivity contribution in [3.05, 3.63) is 59.2 Å². The van der Waals surface area contributed by atoms with E-state index in [0.29, 0.717) is 23.4 Å². The second kappa shape index (κ2) is 9.78. The first-order valence-electron chi connectivity index (χ1n) is 9.67. The van der Waals surface area contributed by atoms with Crippen molar-refractivity contribution in [3.63, 3.8) is 0 Å². The van der Waals surface area contributed by atoms with E-state index < -0.39 is 10.0 Å². The van der Waals surface area contributed by atoms with Gasteiger partial charge in [0.05, 0.1) is 18.0 Å². The summed E-state index contributed by atoms with van der Waals surface area (Å²) in [5.41, 5.74) is 2.80. The summed E-state index contributed by atoms with van der Waals surface area (Å²) in [4.78, 5) is 12.6. The van der Waals surface area contributed by atoms with Crippen LogP contribution in [0, 0.1) is 6.92 Å². The number of anilines is 1. The molecule has 0 atom stereocenters. The predicted octanol–water partition coefficient (Wildman–Crippen LogP) is 3.54. The molecule has 0 fully saturated rings. The molecule has 0 aliphatic rings. The van der Waals surface area contributed by atoms with E-state index in [-0.39, 0.29) is 12.0 Å². The fourth-order valence-electron chi connectivity index (χ4n) is 2.99. The first kappa shape index (κ1) is 22.7. The van der Waals surface area contributed by atoms with Crippen molar-refractivity contribution in [1.29, 1.82) is 0 Å². The Balaban J connectivity index is 1.91. The number of carbonyl (C=O) groups is 1. The molecule has 0 radical (unpaired) electrons. The standard InChI is InChI=1S/C22H30N2O4S/c1-16(2)28-19-13-11-18(12-14-19)8-7-15-23-22(25)20-9-6-10-21(17(20)3)24(4)29(5,26)27/h6,9-14,16H,7-8,15H2,1-5H3,(H,23,25). The summed E-state index contributed by atoms with van der Waals surface area (Å²) in [6.07, 6.45) is 2.94. The molecule has 0 saturated heterocycles. The molecule has 1 N–H and O–H groups in total. The molecule has 0 aliphatic carbocycles. The van der Waals surface area contributed by atoms with Crippen LogP contribution < -0.4 is 14.4 Å². The Hall–Kier alpha value is -2.54. The zero-order valence-corrected chi connectivity index (χ0v) is 18.5. The molecule has 1 amide bonds. The minimum absolute atomic E-state index is 0.148. The minimum Gasteiger partial charge on any atom is -0.491 e. The van der Waals surface area contributed by atoms with Gasteiger partial charge in [-0.3, -0.25) is 9.10 Å². The number of ether oxygens (including phenoxy) is 1. The van der Waals surface area contributed by atoms with Crippen molar-refractivity contribution in [3.8, 4) is 5.75 Å². The van der Waals surface area contributed by atoms with E-state index in [4.69, 9.17) is 4.74 Å². The van der Waals surface area contributed by atoms with Gasteiger partial charge in [-0.05, 0) is 69.0 Å². The molecule has 0 heterocycles. The van der Waals surface area contributed by atoms with Gasteiger partial charge < -0.3 is 10.1 Å². The molecule has 2 aromatic carbocycles. The minimum atomic E-state index is -3.39. The van der Waals surface area contributed by atoms with E-state index in [1.807, 2.05) is 38.1 Å². The smallest absolute Gasteiger partial charge is 0.251 e.